The van der Waals surface area contributed by atoms with Crippen LogP contribution in [0.15, 0.2) is 42.7 Å². The zero-order chi connectivity index (χ0) is 13.3. The van der Waals surface area contributed by atoms with E-state index in [9.17, 15) is 0 Å². The Morgan fingerprint density at radius 3 is 2.74 bits per heavy atom. The molecule has 0 atom stereocenters. The second-order valence-electron chi connectivity index (χ2n) is 4.87. The van der Waals surface area contributed by atoms with Crippen molar-refractivity contribution in [2.24, 2.45) is 0 Å². The normalized spacial score (nSPS) is 10.8. The summed E-state index contributed by atoms with van der Waals surface area (Å²) in [5, 5.41) is 7.86. The number of hydrogen-bond donors (Lipinski definition) is 1. The number of aromatic nitrogens is 2. The molecule has 1 N–H and O–H groups in total. The maximum Gasteiger partial charge on any atom is 0.0645 e. The van der Waals surface area contributed by atoms with E-state index in [1.165, 1.54) is 31.2 Å². The molecule has 0 radical (unpaired) electrons. The minimum Gasteiger partial charge on any atom is -0.313 e. The highest BCUT2D eigenvalue weighted by molar-refractivity contribution is 5.30. The molecule has 0 unspecified atom stereocenters. The molecule has 1 aromatic heterocycles. The van der Waals surface area contributed by atoms with Gasteiger partial charge in [-0.2, -0.15) is 5.10 Å². The highest BCUT2D eigenvalue weighted by Gasteiger charge is 1.99. The second-order valence-corrected chi connectivity index (χ2v) is 4.87. The van der Waals surface area contributed by atoms with Crippen LogP contribution in [-0.2, 0) is 6.54 Å². The van der Waals surface area contributed by atoms with E-state index in [4.69, 9.17) is 0 Å². The number of benzene rings is 1. The largest absolute Gasteiger partial charge is 0.313 e. The van der Waals surface area contributed by atoms with Crippen molar-refractivity contribution in [3.63, 3.8) is 0 Å². The molecule has 3 nitrogen and oxygen atoms in total. The number of para-hydroxylation sites is 1. The van der Waals surface area contributed by atoms with Crippen LogP contribution in [-0.4, -0.2) is 16.3 Å². The van der Waals surface area contributed by atoms with Crippen LogP contribution in [0, 0.1) is 0 Å². The summed E-state index contributed by atoms with van der Waals surface area (Å²) in [6, 6.07) is 10.2. The Kier molecular flexibility index (Phi) is 5.63. The third kappa shape index (κ3) is 4.52. The van der Waals surface area contributed by atoms with Gasteiger partial charge in [0.2, 0.25) is 0 Å². The molecule has 0 saturated heterocycles. The van der Waals surface area contributed by atoms with E-state index >= 15 is 0 Å². The Labute approximate surface area is 115 Å². The Morgan fingerprint density at radius 1 is 1.11 bits per heavy atom. The fourth-order valence-electron chi connectivity index (χ4n) is 2.08. The molecule has 1 aromatic carbocycles. The summed E-state index contributed by atoms with van der Waals surface area (Å²) >= 11 is 0. The summed E-state index contributed by atoms with van der Waals surface area (Å²) in [4.78, 5) is 0. The lowest BCUT2D eigenvalue weighted by molar-refractivity contribution is 0.598. The van der Waals surface area contributed by atoms with Gasteiger partial charge in [0.25, 0.3) is 0 Å². The van der Waals surface area contributed by atoms with Crippen LogP contribution in [0.5, 0.6) is 0 Å². The van der Waals surface area contributed by atoms with Crippen molar-refractivity contribution in [3.05, 3.63) is 48.3 Å². The molecule has 1 heterocycles. The van der Waals surface area contributed by atoms with Gasteiger partial charge in [0.15, 0.2) is 0 Å². The van der Waals surface area contributed by atoms with E-state index in [1.807, 2.05) is 29.1 Å². The smallest absolute Gasteiger partial charge is 0.0645 e. The van der Waals surface area contributed by atoms with Gasteiger partial charge in [-0.25, -0.2) is 4.68 Å². The second kappa shape index (κ2) is 7.74. The van der Waals surface area contributed by atoms with Gasteiger partial charge in [0.1, 0.15) is 0 Å². The van der Waals surface area contributed by atoms with Crippen LogP contribution in [0.25, 0.3) is 5.69 Å². The third-order valence-corrected chi connectivity index (χ3v) is 3.19. The van der Waals surface area contributed by atoms with Crippen LogP contribution in [0.2, 0.25) is 0 Å². The number of nitrogens with one attached hydrogen (secondary N) is 1. The zero-order valence-electron chi connectivity index (χ0n) is 11.7. The molecule has 0 fully saturated rings. The lowest BCUT2D eigenvalue weighted by Crippen LogP contribution is -2.14. The Balaban J connectivity index is 1.75. The van der Waals surface area contributed by atoms with Gasteiger partial charge < -0.3 is 5.32 Å². The van der Waals surface area contributed by atoms with Gasteiger partial charge in [-0.15, -0.1) is 0 Å². The van der Waals surface area contributed by atoms with Crippen molar-refractivity contribution >= 4 is 0 Å². The summed E-state index contributed by atoms with van der Waals surface area (Å²) in [7, 11) is 0. The van der Waals surface area contributed by atoms with E-state index in [2.05, 4.69) is 35.7 Å². The van der Waals surface area contributed by atoms with Crippen molar-refractivity contribution in [2.75, 3.05) is 6.54 Å². The predicted octanol–water partition coefficient (Wildman–Crippen LogP) is 3.54. The monoisotopic (exact) mass is 257 g/mol. The minimum absolute atomic E-state index is 0.902. The zero-order valence-corrected chi connectivity index (χ0v) is 11.7. The summed E-state index contributed by atoms with van der Waals surface area (Å²) < 4.78 is 1.92. The van der Waals surface area contributed by atoms with Crippen molar-refractivity contribution in [3.8, 4) is 5.69 Å². The van der Waals surface area contributed by atoms with Crippen LogP contribution >= 0.6 is 0 Å². The van der Waals surface area contributed by atoms with E-state index in [0.717, 1.165) is 18.8 Å². The summed E-state index contributed by atoms with van der Waals surface area (Å²) in [5.41, 5.74) is 2.34. The van der Waals surface area contributed by atoms with Crippen LogP contribution < -0.4 is 5.32 Å². The standard InChI is InChI=1S/C16H23N3/c1-2-3-4-8-11-17-12-15-13-18-19(14-15)16-9-6-5-7-10-16/h5-7,9-10,13-14,17H,2-4,8,11-12H2,1H3. The molecular weight excluding hydrogens is 234 g/mol. The van der Waals surface area contributed by atoms with Crippen molar-refractivity contribution in [1.82, 2.24) is 15.1 Å². The topological polar surface area (TPSA) is 29.9 Å². The SMILES string of the molecule is CCCCCCNCc1cnn(-c2ccccc2)c1. The fourth-order valence-corrected chi connectivity index (χ4v) is 2.08. The van der Waals surface area contributed by atoms with Gasteiger partial charge >= 0.3 is 0 Å². The van der Waals surface area contributed by atoms with Crippen LogP contribution in [0.4, 0.5) is 0 Å². The lowest BCUT2D eigenvalue weighted by Gasteiger charge is -2.02. The summed E-state index contributed by atoms with van der Waals surface area (Å²) in [6.07, 6.45) is 9.26. The summed E-state index contributed by atoms with van der Waals surface area (Å²) in [5.74, 6) is 0. The molecule has 0 amide bonds. The quantitative estimate of drug-likeness (QED) is 0.733. The van der Waals surface area contributed by atoms with Gasteiger partial charge in [-0.3, -0.25) is 0 Å². The van der Waals surface area contributed by atoms with Crippen LogP contribution in [0.1, 0.15) is 38.2 Å². The van der Waals surface area contributed by atoms with Gasteiger partial charge in [0.05, 0.1) is 11.9 Å². The average molecular weight is 257 g/mol. The third-order valence-electron chi connectivity index (χ3n) is 3.19. The Bertz CT molecular complexity index is 462. The van der Waals surface area contributed by atoms with Gasteiger partial charge in [-0.05, 0) is 25.1 Å². The molecule has 0 aliphatic rings. The minimum atomic E-state index is 0.902. The first-order valence-electron chi connectivity index (χ1n) is 7.20. The Morgan fingerprint density at radius 2 is 1.95 bits per heavy atom. The Hall–Kier alpha value is -1.61. The molecular formula is C16H23N3. The highest BCUT2D eigenvalue weighted by Crippen LogP contribution is 2.07. The maximum atomic E-state index is 4.39. The molecule has 0 spiro atoms. The van der Waals surface area contributed by atoms with E-state index in [0.29, 0.717) is 0 Å². The van der Waals surface area contributed by atoms with E-state index in [1.54, 1.807) is 0 Å². The van der Waals surface area contributed by atoms with Crippen LogP contribution in [0.3, 0.4) is 0 Å². The molecule has 0 aliphatic heterocycles. The predicted molar refractivity (Wildman–Crippen MR) is 79.4 cm³/mol. The van der Waals surface area contributed by atoms with Crippen molar-refractivity contribution in [2.45, 2.75) is 39.2 Å². The first kappa shape index (κ1) is 13.8. The first-order valence-corrected chi connectivity index (χ1v) is 7.20. The number of unbranched alkanes of at least 4 members (excludes halogenated alkanes) is 3. The van der Waals surface area contributed by atoms with Crippen molar-refractivity contribution in [1.29, 1.82) is 0 Å². The number of rotatable bonds is 8. The molecule has 3 heteroatoms. The number of nitrogens with zero attached hydrogens (tertiary/aromatic N) is 2. The first-order chi connectivity index (χ1) is 9.40. The van der Waals surface area contributed by atoms with Gasteiger partial charge in [0, 0.05) is 18.3 Å². The molecule has 2 aromatic rings. The molecule has 0 aliphatic carbocycles. The fraction of sp³-hybridized carbons (Fsp3) is 0.438. The average Bonchev–Trinajstić information content (AvgIpc) is 2.92. The van der Waals surface area contributed by atoms with E-state index < -0.39 is 0 Å². The molecule has 0 bridgehead atoms. The van der Waals surface area contributed by atoms with Crippen molar-refractivity contribution < 1.29 is 0 Å². The number of hydrogen-bond acceptors (Lipinski definition) is 2. The molecule has 102 valence electrons. The van der Waals surface area contributed by atoms with E-state index in [-0.39, 0.29) is 0 Å². The molecule has 2 rings (SSSR count). The molecule has 0 saturated carbocycles. The lowest BCUT2D eigenvalue weighted by atomic mass is 10.2. The highest BCUT2D eigenvalue weighted by atomic mass is 15.3. The van der Waals surface area contributed by atoms with Gasteiger partial charge in [-0.1, -0.05) is 44.4 Å². The molecule has 19 heavy (non-hydrogen) atoms. The summed E-state index contributed by atoms with van der Waals surface area (Å²) in [6.45, 7) is 4.24. The maximum absolute atomic E-state index is 4.39.